The van der Waals surface area contributed by atoms with E-state index in [1.165, 1.54) is 0 Å². The minimum absolute atomic E-state index is 0.200. The third-order valence-electron chi connectivity index (χ3n) is 4.58. The Morgan fingerprint density at radius 1 is 1.05 bits per heavy atom. The van der Waals surface area contributed by atoms with Gasteiger partial charge >= 0.3 is 0 Å². The Balaban J connectivity index is 1.80. The van der Waals surface area contributed by atoms with Crippen LogP contribution in [-0.4, -0.2) is 28.9 Å². The summed E-state index contributed by atoms with van der Waals surface area (Å²) >= 11 is 0. The van der Waals surface area contributed by atoms with Crippen LogP contribution >= 0.6 is 0 Å². The van der Waals surface area contributed by atoms with Crippen molar-refractivity contribution in [1.29, 1.82) is 0 Å². The first-order valence-corrected chi connectivity index (χ1v) is 8.90. The summed E-state index contributed by atoms with van der Waals surface area (Å²) in [4.78, 5) is 8.60. The number of hydrogen-bond acceptors (Lipinski definition) is 4. The van der Waals surface area contributed by atoms with Gasteiger partial charge in [-0.2, -0.15) is 0 Å². The summed E-state index contributed by atoms with van der Waals surface area (Å²) in [7, 11) is -2.95. The molecule has 4 rings (SSSR count). The summed E-state index contributed by atoms with van der Waals surface area (Å²) in [5.41, 5.74) is 3.95. The Kier molecular flexibility index (Phi) is 2.85. The first kappa shape index (κ1) is 13.0. The van der Waals surface area contributed by atoms with E-state index in [9.17, 15) is 8.42 Å². The molecule has 1 saturated heterocycles. The van der Waals surface area contributed by atoms with E-state index in [0.717, 1.165) is 41.4 Å². The predicted molar refractivity (Wildman–Crippen MR) is 82.5 cm³/mol. The van der Waals surface area contributed by atoms with Crippen molar-refractivity contribution in [2.45, 2.75) is 36.2 Å². The molecule has 0 aliphatic carbocycles. The molecule has 2 aliphatic rings. The van der Waals surface area contributed by atoms with Gasteiger partial charge in [-0.15, -0.1) is 0 Å². The summed E-state index contributed by atoms with van der Waals surface area (Å²) in [5.74, 6) is 0. The molecule has 1 aromatic heterocycles. The van der Waals surface area contributed by atoms with Gasteiger partial charge in [0, 0.05) is 12.4 Å². The number of rotatable bonds is 1. The molecule has 2 bridgehead atoms. The van der Waals surface area contributed by atoms with Crippen molar-refractivity contribution in [3.05, 3.63) is 42.2 Å². The predicted octanol–water partition coefficient (Wildman–Crippen LogP) is 2.75. The Labute approximate surface area is 123 Å². The summed E-state index contributed by atoms with van der Waals surface area (Å²) in [5, 5.41) is -0.494. The fourth-order valence-corrected chi connectivity index (χ4v) is 5.68. The molecule has 0 amide bonds. The second kappa shape index (κ2) is 4.63. The van der Waals surface area contributed by atoms with Gasteiger partial charge in [-0.3, -0.25) is 9.97 Å². The number of fused-ring (bicyclic) bond motifs is 3. The Hall–Kier alpha value is -1.75. The molecule has 3 heterocycles. The monoisotopic (exact) mass is 300 g/mol. The van der Waals surface area contributed by atoms with E-state index in [4.69, 9.17) is 0 Å². The number of nitrogens with zero attached hydrogens (tertiary/aromatic N) is 2. The molecule has 0 spiro atoms. The number of sulfone groups is 1. The van der Waals surface area contributed by atoms with Crippen LogP contribution in [-0.2, 0) is 9.84 Å². The topological polar surface area (TPSA) is 59.9 Å². The maximum atomic E-state index is 12.3. The van der Waals surface area contributed by atoms with Crippen LogP contribution in [0.25, 0.3) is 16.6 Å². The quantitative estimate of drug-likeness (QED) is 0.812. The average Bonchev–Trinajstić information content (AvgIpc) is 2.45. The Morgan fingerprint density at radius 3 is 2.67 bits per heavy atom. The zero-order chi connectivity index (χ0) is 14.4. The fourth-order valence-electron chi connectivity index (χ4n) is 3.43. The Bertz CT molecular complexity index is 842. The fraction of sp³-hybridized carbons (Fsp3) is 0.375. The Morgan fingerprint density at radius 2 is 1.86 bits per heavy atom. The molecule has 0 saturated carbocycles. The van der Waals surface area contributed by atoms with Gasteiger partial charge in [0.25, 0.3) is 0 Å². The van der Waals surface area contributed by atoms with E-state index in [1.807, 2.05) is 24.3 Å². The normalized spacial score (nSPS) is 27.3. The lowest BCUT2D eigenvalue weighted by atomic mass is 9.93. The molecule has 2 aromatic rings. The van der Waals surface area contributed by atoms with Gasteiger partial charge in [0.1, 0.15) is 0 Å². The molecule has 4 nitrogen and oxygen atoms in total. The molecule has 2 aliphatic heterocycles. The molecule has 108 valence electrons. The third-order valence-corrected chi connectivity index (χ3v) is 7.12. The van der Waals surface area contributed by atoms with Crippen molar-refractivity contribution in [3.63, 3.8) is 0 Å². The highest BCUT2D eigenvalue weighted by molar-refractivity contribution is 7.93. The molecule has 0 radical (unpaired) electrons. The van der Waals surface area contributed by atoms with Crippen molar-refractivity contribution in [2.75, 3.05) is 0 Å². The zero-order valence-electron chi connectivity index (χ0n) is 11.6. The first-order chi connectivity index (χ1) is 10.1. The van der Waals surface area contributed by atoms with Crippen molar-refractivity contribution >= 4 is 26.4 Å². The van der Waals surface area contributed by atoms with Crippen molar-refractivity contribution in [1.82, 2.24) is 9.97 Å². The van der Waals surface area contributed by atoms with Crippen molar-refractivity contribution < 1.29 is 8.42 Å². The minimum Gasteiger partial charge on any atom is -0.253 e. The lowest BCUT2D eigenvalue weighted by Gasteiger charge is -2.33. The number of benzene rings is 1. The SMILES string of the molecule is O=S1(=O)C2C=C(c3ccc4nccnc4c3)CC1CCC2. The largest absolute Gasteiger partial charge is 0.253 e. The molecule has 2 unspecified atom stereocenters. The van der Waals surface area contributed by atoms with Crippen LogP contribution in [0, 0.1) is 0 Å². The van der Waals surface area contributed by atoms with Crippen molar-refractivity contribution in [3.8, 4) is 0 Å². The van der Waals surface area contributed by atoms with Gasteiger partial charge in [-0.25, -0.2) is 8.42 Å². The number of aromatic nitrogens is 2. The highest BCUT2D eigenvalue weighted by atomic mass is 32.2. The van der Waals surface area contributed by atoms with Crippen LogP contribution in [0.5, 0.6) is 0 Å². The molecule has 21 heavy (non-hydrogen) atoms. The lowest BCUT2D eigenvalue weighted by Crippen LogP contribution is -2.38. The summed E-state index contributed by atoms with van der Waals surface area (Å²) in [6.45, 7) is 0. The molecule has 0 N–H and O–H groups in total. The van der Waals surface area contributed by atoms with Gasteiger partial charge in [-0.1, -0.05) is 18.6 Å². The van der Waals surface area contributed by atoms with E-state index >= 15 is 0 Å². The van der Waals surface area contributed by atoms with E-state index < -0.39 is 9.84 Å². The maximum absolute atomic E-state index is 12.3. The van der Waals surface area contributed by atoms with Gasteiger partial charge in [0.15, 0.2) is 9.84 Å². The van der Waals surface area contributed by atoms with E-state index in [1.54, 1.807) is 12.4 Å². The van der Waals surface area contributed by atoms with Gasteiger partial charge in [0.2, 0.25) is 0 Å². The summed E-state index contributed by atoms with van der Waals surface area (Å²) < 4.78 is 24.6. The highest BCUT2D eigenvalue weighted by Crippen LogP contribution is 2.39. The highest BCUT2D eigenvalue weighted by Gasteiger charge is 2.40. The van der Waals surface area contributed by atoms with Crippen LogP contribution < -0.4 is 0 Å². The number of hydrogen-bond donors (Lipinski definition) is 0. The first-order valence-electron chi connectivity index (χ1n) is 7.29. The summed E-state index contributed by atoms with van der Waals surface area (Å²) in [6, 6.07) is 6.00. The van der Waals surface area contributed by atoms with Gasteiger partial charge < -0.3 is 0 Å². The van der Waals surface area contributed by atoms with Crippen LogP contribution in [0.2, 0.25) is 0 Å². The lowest BCUT2D eigenvalue weighted by molar-refractivity contribution is 0.518. The average molecular weight is 300 g/mol. The van der Waals surface area contributed by atoms with Crippen LogP contribution in [0.15, 0.2) is 36.7 Å². The standard InChI is InChI=1S/C16H16N2O2S/c19-21(20)13-2-1-3-14(21)9-12(8-13)11-4-5-15-16(10-11)18-7-6-17-15/h4-8,10,13-14H,1-3,9H2. The molecule has 5 heteroatoms. The molecular weight excluding hydrogens is 284 g/mol. The van der Waals surface area contributed by atoms with Crippen LogP contribution in [0.4, 0.5) is 0 Å². The minimum atomic E-state index is -2.95. The molecule has 1 fully saturated rings. The maximum Gasteiger partial charge on any atom is 0.159 e. The van der Waals surface area contributed by atoms with Crippen LogP contribution in [0.1, 0.15) is 31.2 Å². The third kappa shape index (κ3) is 2.07. The van der Waals surface area contributed by atoms with Crippen LogP contribution in [0.3, 0.4) is 0 Å². The zero-order valence-corrected chi connectivity index (χ0v) is 12.4. The van der Waals surface area contributed by atoms with Crippen molar-refractivity contribution in [2.24, 2.45) is 0 Å². The van der Waals surface area contributed by atoms with E-state index in [-0.39, 0.29) is 10.5 Å². The second-order valence-electron chi connectivity index (χ2n) is 5.84. The second-order valence-corrected chi connectivity index (χ2v) is 8.29. The van der Waals surface area contributed by atoms with E-state index in [0.29, 0.717) is 6.42 Å². The summed E-state index contributed by atoms with van der Waals surface area (Å²) in [6.07, 6.45) is 8.52. The molecule has 1 aromatic carbocycles. The number of allylic oxidation sites excluding steroid dienone is 1. The van der Waals surface area contributed by atoms with Gasteiger partial charge in [-0.05, 0) is 42.5 Å². The smallest absolute Gasteiger partial charge is 0.159 e. The van der Waals surface area contributed by atoms with Gasteiger partial charge in [0.05, 0.1) is 21.5 Å². The van der Waals surface area contributed by atoms with E-state index in [2.05, 4.69) is 9.97 Å². The molecular formula is C16H16N2O2S. The molecule has 2 atom stereocenters.